The van der Waals surface area contributed by atoms with Gasteiger partial charge in [-0.15, -0.1) is 0 Å². The molecule has 1 aliphatic rings. The summed E-state index contributed by atoms with van der Waals surface area (Å²) in [6.45, 7) is 0.399. The summed E-state index contributed by atoms with van der Waals surface area (Å²) in [6.07, 6.45) is 0. The minimum absolute atomic E-state index is 0.0163. The third-order valence-electron chi connectivity index (χ3n) is 3.98. The van der Waals surface area contributed by atoms with Crippen LogP contribution in [0.4, 0.5) is 0 Å². The second-order valence-corrected chi connectivity index (χ2v) is 7.26. The van der Waals surface area contributed by atoms with Crippen molar-refractivity contribution >= 4 is 9.84 Å². The first-order valence-electron chi connectivity index (χ1n) is 6.70. The van der Waals surface area contributed by atoms with Gasteiger partial charge in [0, 0.05) is 5.92 Å². The Kier molecular flexibility index (Phi) is 3.36. The van der Waals surface area contributed by atoms with E-state index in [1.165, 1.54) is 0 Å². The average Bonchev–Trinajstić information content (AvgIpc) is 3.24. The summed E-state index contributed by atoms with van der Waals surface area (Å²) in [5, 5.41) is -0.391. The van der Waals surface area contributed by atoms with Gasteiger partial charge in [-0.1, -0.05) is 48.5 Å². The molecule has 0 amide bonds. The van der Waals surface area contributed by atoms with Gasteiger partial charge in [0.2, 0.25) is 0 Å². The maximum atomic E-state index is 12.7. The maximum Gasteiger partial charge on any atom is 0.182 e. The van der Waals surface area contributed by atoms with E-state index < -0.39 is 15.1 Å². The van der Waals surface area contributed by atoms with E-state index in [0.29, 0.717) is 11.4 Å². The van der Waals surface area contributed by atoms with Crippen LogP contribution in [0.2, 0.25) is 0 Å². The highest BCUT2D eigenvalue weighted by Gasteiger charge is 2.57. The van der Waals surface area contributed by atoms with E-state index in [9.17, 15) is 8.42 Å². The third kappa shape index (κ3) is 2.15. The molecule has 0 unspecified atom stereocenters. The number of nitrogens with two attached hydrogens (primary N) is 1. The molecule has 0 spiro atoms. The monoisotopic (exact) mass is 287 g/mol. The average molecular weight is 287 g/mol. The van der Waals surface area contributed by atoms with Crippen molar-refractivity contribution in [1.29, 1.82) is 0 Å². The van der Waals surface area contributed by atoms with E-state index in [0.717, 1.165) is 5.56 Å². The standard InChI is InChI=1S/C16H17NO2S/c17-11-14-15(12-7-3-1-4-8-12)16(14)20(18,19)13-9-5-2-6-10-13/h1-10,14-16H,11,17H2/t14-,15-,16+/m0/s1. The largest absolute Gasteiger partial charge is 0.330 e. The van der Waals surface area contributed by atoms with Crippen LogP contribution in [-0.4, -0.2) is 20.2 Å². The van der Waals surface area contributed by atoms with Crippen LogP contribution in [0, 0.1) is 5.92 Å². The van der Waals surface area contributed by atoms with Gasteiger partial charge in [-0.3, -0.25) is 0 Å². The highest BCUT2D eigenvalue weighted by atomic mass is 32.2. The second-order valence-electron chi connectivity index (χ2n) is 5.16. The van der Waals surface area contributed by atoms with Gasteiger partial charge in [0.25, 0.3) is 0 Å². The van der Waals surface area contributed by atoms with Gasteiger partial charge in [0.05, 0.1) is 10.1 Å². The van der Waals surface area contributed by atoms with Crippen LogP contribution in [-0.2, 0) is 9.84 Å². The number of benzene rings is 2. The van der Waals surface area contributed by atoms with Gasteiger partial charge >= 0.3 is 0 Å². The van der Waals surface area contributed by atoms with Gasteiger partial charge in [-0.05, 0) is 30.2 Å². The molecular formula is C16H17NO2S. The van der Waals surface area contributed by atoms with Crippen LogP contribution < -0.4 is 5.73 Å². The van der Waals surface area contributed by atoms with Crippen molar-refractivity contribution in [2.45, 2.75) is 16.1 Å². The topological polar surface area (TPSA) is 60.2 Å². The Morgan fingerprint density at radius 1 is 0.900 bits per heavy atom. The molecule has 0 radical (unpaired) electrons. The van der Waals surface area contributed by atoms with Crippen LogP contribution in [0.1, 0.15) is 11.5 Å². The molecule has 2 aromatic rings. The zero-order chi connectivity index (χ0) is 14.2. The lowest BCUT2D eigenvalue weighted by atomic mass is 10.1. The zero-order valence-corrected chi connectivity index (χ0v) is 11.8. The van der Waals surface area contributed by atoms with Gasteiger partial charge < -0.3 is 5.73 Å². The molecule has 2 N–H and O–H groups in total. The van der Waals surface area contributed by atoms with Crippen molar-refractivity contribution < 1.29 is 8.42 Å². The molecule has 20 heavy (non-hydrogen) atoms. The van der Waals surface area contributed by atoms with Crippen LogP contribution in [0.15, 0.2) is 65.6 Å². The molecule has 0 aliphatic heterocycles. The van der Waals surface area contributed by atoms with Crippen molar-refractivity contribution in [3.63, 3.8) is 0 Å². The lowest BCUT2D eigenvalue weighted by molar-refractivity contribution is 0.591. The predicted molar refractivity (Wildman–Crippen MR) is 79.1 cm³/mol. The number of hydrogen-bond donors (Lipinski definition) is 1. The van der Waals surface area contributed by atoms with Gasteiger partial charge in [-0.25, -0.2) is 8.42 Å². The Bertz CT molecular complexity index is 683. The summed E-state index contributed by atoms with van der Waals surface area (Å²) in [5.74, 6) is 0.0361. The molecule has 104 valence electrons. The summed E-state index contributed by atoms with van der Waals surface area (Å²) in [7, 11) is -3.30. The summed E-state index contributed by atoms with van der Waals surface area (Å²) in [4.78, 5) is 0.391. The molecule has 3 rings (SSSR count). The van der Waals surface area contributed by atoms with Crippen LogP contribution in [0.5, 0.6) is 0 Å². The Hall–Kier alpha value is -1.65. The van der Waals surface area contributed by atoms with Crippen LogP contribution in [0.3, 0.4) is 0 Å². The third-order valence-corrected chi connectivity index (χ3v) is 6.27. The van der Waals surface area contributed by atoms with Crippen molar-refractivity contribution in [3.8, 4) is 0 Å². The molecule has 1 aliphatic carbocycles. The number of rotatable bonds is 4. The quantitative estimate of drug-likeness (QED) is 0.938. The summed E-state index contributed by atoms with van der Waals surface area (Å²) in [6, 6.07) is 18.4. The normalized spacial score (nSPS) is 25.4. The van der Waals surface area contributed by atoms with Gasteiger partial charge in [0.1, 0.15) is 0 Å². The van der Waals surface area contributed by atoms with Crippen molar-refractivity contribution in [1.82, 2.24) is 0 Å². The van der Waals surface area contributed by atoms with E-state index in [2.05, 4.69) is 0 Å². The first-order chi connectivity index (χ1) is 9.66. The van der Waals surface area contributed by atoms with Gasteiger partial charge in [0.15, 0.2) is 9.84 Å². The molecule has 0 heterocycles. The van der Waals surface area contributed by atoms with Crippen molar-refractivity contribution in [2.24, 2.45) is 11.7 Å². The summed E-state index contributed by atoms with van der Waals surface area (Å²) < 4.78 is 25.4. The van der Waals surface area contributed by atoms with E-state index >= 15 is 0 Å². The van der Waals surface area contributed by atoms with Crippen LogP contribution in [0.25, 0.3) is 0 Å². The Morgan fingerprint density at radius 2 is 1.45 bits per heavy atom. The van der Waals surface area contributed by atoms with Crippen LogP contribution >= 0.6 is 0 Å². The van der Waals surface area contributed by atoms with Crippen molar-refractivity contribution in [2.75, 3.05) is 6.54 Å². The maximum absolute atomic E-state index is 12.7. The SMILES string of the molecule is NC[C@H]1[C@H](c2ccccc2)[C@@H]1S(=O)(=O)c1ccccc1. The number of sulfone groups is 1. The molecule has 4 heteroatoms. The zero-order valence-electron chi connectivity index (χ0n) is 11.0. The number of hydrogen-bond acceptors (Lipinski definition) is 3. The fourth-order valence-electron chi connectivity index (χ4n) is 2.93. The fourth-order valence-corrected chi connectivity index (χ4v) is 5.17. The highest BCUT2D eigenvalue weighted by Crippen LogP contribution is 2.53. The minimum atomic E-state index is -3.30. The minimum Gasteiger partial charge on any atom is -0.330 e. The van der Waals surface area contributed by atoms with Gasteiger partial charge in [-0.2, -0.15) is 0 Å². The van der Waals surface area contributed by atoms with E-state index in [-0.39, 0.29) is 11.8 Å². The molecule has 3 nitrogen and oxygen atoms in total. The first kappa shape index (κ1) is 13.3. The molecule has 3 atom stereocenters. The molecule has 0 bridgehead atoms. The molecule has 2 aromatic carbocycles. The molecule has 0 aromatic heterocycles. The van der Waals surface area contributed by atoms with E-state index in [1.54, 1.807) is 24.3 Å². The fraction of sp³-hybridized carbons (Fsp3) is 0.250. The highest BCUT2D eigenvalue weighted by molar-refractivity contribution is 7.92. The Morgan fingerprint density at radius 3 is 2.00 bits per heavy atom. The lowest BCUT2D eigenvalue weighted by Gasteiger charge is -2.04. The molecule has 0 saturated heterocycles. The predicted octanol–water partition coefficient (Wildman–Crippen LogP) is 2.20. The Labute approximate surface area is 119 Å². The molecule has 1 saturated carbocycles. The van der Waals surface area contributed by atoms with Crippen molar-refractivity contribution in [3.05, 3.63) is 66.2 Å². The smallest absolute Gasteiger partial charge is 0.182 e. The van der Waals surface area contributed by atoms with E-state index in [1.807, 2.05) is 36.4 Å². The molecular weight excluding hydrogens is 270 g/mol. The summed E-state index contributed by atoms with van der Waals surface area (Å²) in [5.41, 5.74) is 6.82. The lowest BCUT2D eigenvalue weighted by Crippen LogP contribution is -2.13. The van der Waals surface area contributed by atoms with E-state index in [4.69, 9.17) is 5.73 Å². The summed E-state index contributed by atoms with van der Waals surface area (Å²) >= 11 is 0. The molecule has 1 fully saturated rings. The Balaban J connectivity index is 1.95. The second kappa shape index (κ2) is 5.04. The first-order valence-corrected chi connectivity index (χ1v) is 8.25.